The van der Waals surface area contributed by atoms with Crippen LogP contribution in [-0.2, 0) is 30.1 Å². The Morgan fingerprint density at radius 3 is 2.11 bits per heavy atom. The standard InChI is InChI=1S/C10H14N2O6S/c13-8-1-2-9(14)12(8)18-10(15)7-3-5-11(6-4-7)19(16)17/h7,19H,1-6H2. The molecule has 2 heterocycles. The molecule has 2 amide bonds. The normalized spacial score (nSPS) is 22.3. The maximum atomic E-state index is 11.8. The number of carbonyl (C=O) groups is 3. The second kappa shape index (κ2) is 5.66. The van der Waals surface area contributed by atoms with Crippen molar-refractivity contribution in [3.8, 4) is 0 Å². The van der Waals surface area contributed by atoms with Crippen LogP contribution in [0.15, 0.2) is 0 Å². The predicted octanol–water partition coefficient (Wildman–Crippen LogP) is -1.17. The zero-order chi connectivity index (χ0) is 14.0. The van der Waals surface area contributed by atoms with Gasteiger partial charge >= 0.3 is 5.97 Å². The van der Waals surface area contributed by atoms with E-state index in [-0.39, 0.29) is 25.9 Å². The van der Waals surface area contributed by atoms with Crippen LogP contribution in [0.5, 0.6) is 0 Å². The summed E-state index contributed by atoms with van der Waals surface area (Å²) in [5, 5.41) is 0.517. The van der Waals surface area contributed by atoms with Crippen molar-refractivity contribution < 1.29 is 27.6 Å². The van der Waals surface area contributed by atoms with Gasteiger partial charge in [0.25, 0.3) is 11.8 Å². The number of nitrogens with zero attached hydrogens (tertiary/aromatic N) is 2. The third-order valence-electron chi connectivity index (χ3n) is 3.22. The Labute approximate surface area is 111 Å². The summed E-state index contributed by atoms with van der Waals surface area (Å²) in [6.07, 6.45) is 0.777. The Balaban J connectivity index is 1.88. The quantitative estimate of drug-likeness (QED) is 0.519. The second-order valence-electron chi connectivity index (χ2n) is 4.46. The van der Waals surface area contributed by atoms with Gasteiger partial charge in [-0.15, -0.1) is 5.06 Å². The number of thiol groups is 1. The van der Waals surface area contributed by atoms with Gasteiger partial charge in [-0.05, 0) is 12.8 Å². The lowest BCUT2D eigenvalue weighted by molar-refractivity contribution is -0.201. The molecule has 0 bridgehead atoms. The van der Waals surface area contributed by atoms with Crippen molar-refractivity contribution in [3.63, 3.8) is 0 Å². The topological polar surface area (TPSA) is 101 Å². The van der Waals surface area contributed by atoms with Gasteiger partial charge < -0.3 is 4.84 Å². The average Bonchev–Trinajstić information content (AvgIpc) is 2.70. The maximum absolute atomic E-state index is 11.8. The Hall–Kier alpha value is -1.48. The highest BCUT2D eigenvalue weighted by Crippen LogP contribution is 2.21. The van der Waals surface area contributed by atoms with Crippen molar-refractivity contribution >= 4 is 28.7 Å². The Bertz CT molecular complexity index is 456. The van der Waals surface area contributed by atoms with Gasteiger partial charge in [0.2, 0.25) is 10.9 Å². The van der Waals surface area contributed by atoms with Crippen LogP contribution in [0.1, 0.15) is 25.7 Å². The van der Waals surface area contributed by atoms with Gasteiger partial charge in [0.1, 0.15) is 0 Å². The SMILES string of the molecule is O=C(ON1C(=O)CCC1=O)C1CCN([SH](=O)=O)CC1. The van der Waals surface area contributed by atoms with Crippen LogP contribution in [0.25, 0.3) is 0 Å². The molecule has 0 spiro atoms. The molecule has 0 aromatic rings. The summed E-state index contributed by atoms with van der Waals surface area (Å²) >= 11 is 0. The molecule has 9 heteroatoms. The van der Waals surface area contributed by atoms with E-state index in [1.807, 2.05) is 0 Å². The summed E-state index contributed by atoms with van der Waals surface area (Å²) in [6.45, 7) is 0.501. The van der Waals surface area contributed by atoms with E-state index in [2.05, 4.69) is 0 Å². The minimum absolute atomic E-state index is 0.0568. The van der Waals surface area contributed by atoms with Crippen molar-refractivity contribution in [2.75, 3.05) is 13.1 Å². The van der Waals surface area contributed by atoms with Crippen LogP contribution in [0.3, 0.4) is 0 Å². The first-order valence-electron chi connectivity index (χ1n) is 5.96. The number of piperidine rings is 1. The van der Waals surface area contributed by atoms with E-state index < -0.39 is 34.6 Å². The second-order valence-corrected chi connectivity index (χ2v) is 5.50. The minimum atomic E-state index is -2.62. The van der Waals surface area contributed by atoms with Crippen LogP contribution in [0.2, 0.25) is 0 Å². The van der Waals surface area contributed by atoms with E-state index in [0.29, 0.717) is 17.9 Å². The molecule has 2 aliphatic rings. The fourth-order valence-electron chi connectivity index (χ4n) is 2.09. The third kappa shape index (κ3) is 3.10. The van der Waals surface area contributed by atoms with Crippen molar-refractivity contribution in [2.45, 2.75) is 25.7 Å². The van der Waals surface area contributed by atoms with Gasteiger partial charge in [-0.1, -0.05) is 0 Å². The fraction of sp³-hybridized carbons (Fsp3) is 0.700. The van der Waals surface area contributed by atoms with Crippen LogP contribution >= 0.6 is 0 Å². The van der Waals surface area contributed by atoms with Crippen molar-refractivity contribution in [1.29, 1.82) is 0 Å². The van der Waals surface area contributed by atoms with E-state index in [9.17, 15) is 22.8 Å². The molecule has 0 aromatic heterocycles. The third-order valence-corrected chi connectivity index (χ3v) is 4.08. The van der Waals surface area contributed by atoms with Gasteiger partial charge in [-0.3, -0.25) is 9.59 Å². The molecule has 2 fully saturated rings. The smallest absolute Gasteiger partial charge is 0.330 e. The van der Waals surface area contributed by atoms with Gasteiger partial charge in [-0.2, -0.15) is 0 Å². The first-order chi connectivity index (χ1) is 8.99. The van der Waals surface area contributed by atoms with E-state index in [1.54, 1.807) is 0 Å². The first-order valence-corrected chi connectivity index (χ1v) is 7.09. The molecule has 2 rings (SSSR count). The Morgan fingerprint density at radius 1 is 1.11 bits per heavy atom. The molecule has 19 heavy (non-hydrogen) atoms. The summed E-state index contributed by atoms with van der Waals surface area (Å²) in [6, 6.07) is 0. The van der Waals surface area contributed by atoms with Crippen LogP contribution < -0.4 is 0 Å². The number of amides is 2. The highest BCUT2D eigenvalue weighted by Gasteiger charge is 2.35. The highest BCUT2D eigenvalue weighted by atomic mass is 32.2. The lowest BCUT2D eigenvalue weighted by atomic mass is 9.99. The molecule has 0 radical (unpaired) electrons. The zero-order valence-electron chi connectivity index (χ0n) is 10.1. The molecule has 106 valence electrons. The molecule has 0 N–H and O–H groups in total. The van der Waals surface area contributed by atoms with Crippen LogP contribution in [0, 0.1) is 5.92 Å². The van der Waals surface area contributed by atoms with Crippen molar-refractivity contribution in [1.82, 2.24) is 9.37 Å². The molecule has 0 aliphatic carbocycles. The number of hydroxylamine groups is 2. The molecule has 8 nitrogen and oxygen atoms in total. The van der Waals surface area contributed by atoms with Crippen molar-refractivity contribution in [2.24, 2.45) is 5.92 Å². The number of imide groups is 1. The van der Waals surface area contributed by atoms with E-state index >= 15 is 0 Å². The van der Waals surface area contributed by atoms with E-state index in [0.717, 1.165) is 0 Å². The summed E-state index contributed by atoms with van der Waals surface area (Å²) in [5.74, 6) is -2.16. The minimum Gasteiger partial charge on any atom is -0.330 e. The largest absolute Gasteiger partial charge is 0.336 e. The summed E-state index contributed by atoms with van der Waals surface area (Å²) in [7, 11) is -2.62. The Kier molecular flexibility index (Phi) is 4.15. The molecule has 2 aliphatic heterocycles. The molecular weight excluding hydrogens is 276 g/mol. The predicted molar refractivity (Wildman–Crippen MR) is 61.8 cm³/mol. The van der Waals surface area contributed by atoms with E-state index in [1.165, 1.54) is 4.31 Å². The average molecular weight is 290 g/mol. The fourth-order valence-corrected chi connectivity index (χ4v) is 2.64. The van der Waals surface area contributed by atoms with Gasteiger partial charge in [0, 0.05) is 25.9 Å². The molecular formula is C10H14N2O6S. The zero-order valence-corrected chi connectivity index (χ0v) is 11.0. The van der Waals surface area contributed by atoms with Crippen LogP contribution in [-0.4, -0.2) is 48.7 Å². The Morgan fingerprint density at radius 2 is 1.63 bits per heavy atom. The lowest BCUT2D eigenvalue weighted by Gasteiger charge is -2.26. The highest BCUT2D eigenvalue weighted by molar-refractivity contribution is 7.69. The van der Waals surface area contributed by atoms with Crippen molar-refractivity contribution in [3.05, 3.63) is 0 Å². The first kappa shape index (κ1) is 13.9. The van der Waals surface area contributed by atoms with Gasteiger partial charge in [0.05, 0.1) is 5.92 Å². The number of carbonyl (C=O) groups excluding carboxylic acids is 3. The van der Waals surface area contributed by atoms with E-state index in [4.69, 9.17) is 4.84 Å². The monoisotopic (exact) mass is 290 g/mol. The summed E-state index contributed by atoms with van der Waals surface area (Å²) < 4.78 is 22.7. The van der Waals surface area contributed by atoms with Gasteiger partial charge in [-0.25, -0.2) is 17.5 Å². The molecule has 0 unspecified atom stereocenters. The number of hydrogen-bond donors (Lipinski definition) is 1. The maximum Gasteiger partial charge on any atom is 0.336 e. The molecule has 0 atom stereocenters. The molecule has 0 aromatic carbocycles. The lowest BCUT2D eigenvalue weighted by Crippen LogP contribution is -2.39. The van der Waals surface area contributed by atoms with Gasteiger partial charge in [0.15, 0.2) is 0 Å². The summed E-state index contributed by atoms with van der Waals surface area (Å²) in [5.41, 5.74) is 0. The number of rotatable bonds is 3. The van der Waals surface area contributed by atoms with Crippen LogP contribution in [0.4, 0.5) is 0 Å². The molecule has 0 saturated carbocycles. The number of hydrogen-bond acceptors (Lipinski definition) is 6. The molecule has 2 saturated heterocycles. The summed E-state index contributed by atoms with van der Waals surface area (Å²) in [4.78, 5) is 39.1.